The molecule has 1 aliphatic rings. The third kappa shape index (κ3) is 3.94. The molecule has 0 unspecified atom stereocenters. The SMILES string of the molecule is COC(=O)c1ccc(CN2CCC(Cn3c(C)nc4ccccc43)CC2)cc1. The van der Waals surface area contributed by atoms with Crippen molar-refractivity contribution in [2.45, 2.75) is 32.9 Å². The van der Waals surface area contributed by atoms with Crippen LogP contribution in [0.4, 0.5) is 0 Å². The van der Waals surface area contributed by atoms with E-state index < -0.39 is 0 Å². The maximum atomic E-state index is 11.5. The summed E-state index contributed by atoms with van der Waals surface area (Å²) in [6.45, 7) is 6.30. The fraction of sp³-hybridized carbons (Fsp3) is 0.391. The van der Waals surface area contributed by atoms with E-state index in [1.807, 2.05) is 24.3 Å². The van der Waals surface area contributed by atoms with E-state index in [1.54, 1.807) is 0 Å². The minimum Gasteiger partial charge on any atom is -0.465 e. The van der Waals surface area contributed by atoms with Gasteiger partial charge < -0.3 is 9.30 Å². The van der Waals surface area contributed by atoms with Gasteiger partial charge in [0.1, 0.15) is 5.82 Å². The summed E-state index contributed by atoms with van der Waals surface area (Å²) in [5.74, 6) is 1.51. The Labute approximate surface area is 165 Å². The lowest BCUT2D eigenvalue weighted by atomic mass is 9.96. The molecule has 1 aliphatic heterocycles. The average Bonchev–Trinajstić information content (AvgIpc) is 3.04. The van der Waals surface area contributed by atoms with E-state index in [0.29, 0.717) is 11.5 Å². The minimum atomic E-state index is -0.283. The van der Waals surface area contributed by atoms with Crippen LogP contribution >= 0.6 is 0 Å². The Hall–Kier alpha value is -2.66. The van der Waals surface area contributed by atoms with Crippen LogP contribution in [-0.4, -0.2) is 40.6 Å². The summed E-state index contributed by atoms with van der Waals surface area (Å²) in [5.41, 5.74) is 4.18. The number of ether oxygens (including phenoxy) is 1. The van der Waals surface area contributed by atoms with Gasteiger partial charge in [0.25, 0.3) is 0 Å². The number of hydrogen-bond acceptors (Lipinski definition) is 4. The number of rotatable bonds is 5. The van der Waals surface area contributed by atoms with Gasteiger partial charge in [-0.3, -0.25) is 4.90 Å². The highest BCUT2D eigenvalue weighted by Crippen LogP contribution is 2.24. The van der Waals surface area contributed by atoms with Gasteiger partial charge in [0, 0.05) is 13.1 Å². The molecule has 1 fully saturated rings. The zero-order chi connectivity index (χ0) is 19.5. The summed E-state index contributed by atoms with van der Waals surface area (Å²) in [5, 5.41) is 0. The molecule has 0 spiro atoms. The smallest absolute Gasteiger partial charge is 0.337 e. The number of likely N-dealkylation sites (tertiary alicyclic amines) is 1. The maximum Gasteiger partial charge on any atom is 0.337 e. The van der Waals surface area contributed by atoms with Gasteiger partial charge in [-0.05, 0) is 68.6 Å². The van der Waals surface area contributed by atoms with Crippen LogP contribution in [0.1, 0.15) is 34.6 Å². The fourth-order valence-corrected chi connectivity index (χ4v) is 4.13. The van der Waals surface area contributed by atoms with Crippen LogP contribution in [0.25, 0.3) is 11.0 Å². The van der Waals surface area contributed by atoms with Crippen molar-refractivity contribution in [3.05, 3.63) is 65.5 Å². The third-order valence-electron chi connectivity index (χ3n) is 5.77. The molecule has 3 aromatic rings. The van der Waals surface area contributed by atoms with E-state index in [4.69, 9.17) is 9.72 Å². The monoisotopic (exact) mass is 377 g/mol. The standard InChI is InChI=1S/C23H27N3O2/c1-17-24-21-5-3-4-6-22(21)26(17)16-19-11-13-25(14-12-19)15-18-7-9-20(10-8-18)23(27)28-2/h3-10,19H,11-16H2,1-2H3. The molecule has 1 saturated heterocycles. The molecule has 1 aromatic heterocycles. The van der Waals surface area contributed by atoms with Gasteiger partial charge in [0.2, 0.25) is 0 Å². The first-order chi connectivity index (χ1) is 13.6. The fourth-order valence-electron chi connectivity index (χ4n) is 4.13. The predicted octanol–water partition coefficient (Wildman–Crippen LogP) is 4.04. The second-order valence-corrected chi connectivity index (χ2v) is 7.67. The summed E-state index contributed by atoms with van der Waals surface area (Å²) < 4.78 is 7.14. The molecule has 5 heteroatoms. The van der Waals surface area contributed by atoms with E-state index in [1.165, 1.54) is 31.0 Å². The molecule has 0 saturated carbocycles. The molecule has 0 radical (unpaired) electrons. The number of fused-ring (bicyclic) bond motifs is 1. The summed E-state index contributed by atoms with van der Waals surface area (Å²) in [4.78, 5) is 18.7. The van der Waals surface area contributed by atoms with Gasteiger partial charge in [-0.25, -0.2) is 9.78 Å². The van der Waals surface area contributed by atoms with Crippen molar-refractivity contribution < 1.29 is 9.53 Å². The number of hydrogen-bond donors (Lipinski definition) is 0. The predicted molar refractivity (Wildman–Crippen MR) is 110 cm³/mol. The van der Waals surface area contributed by atoms with Crippen molar-refractivity contribution in [2.24, 2.45) is 5.92 Å². The van der Waals surface area contributed by atoms with Gasteiger partial charge in [0.15, 0.2) is 0 Å². The highest BCUT2D eigenvalue weighted by atomic mass is 16.5. The van der Waals surface area contributed by atoms with Gasteiger partial charge in [-0.2, -0.15) is 0 Å². The lowest BCUT2D eigenvalue weighted by molar-refractivity contribution is 0.0600. The molecule has 146 valence electrons. The van der Waals surface area contributed by atoms with Crippen LogP contribution in [0.5, 0.6) is 0 Å². The summed E-state index contributed by atoms with van der Waals surface area (Å²) in [6, 6.07) is 16.2. The lowest BCUT2D eigenvalue weighted by Gasteiger charge is -2.32. The first-order valence-electron chi connectivity index (χ1n) is 9.95. The summed E-state index contributed by atoms with van der Waals surface area (Å²) in [6.07, 6.45) is 2.40. The number of para-hydroxylation sites is 2. The first-order valence-corrected chi connectivity index (χ1v) is 9.95. The van der Waals surface area contributed by atoms with E-state index in [0.717, 1.165) is 37.5 Å². The largest absolute Gasteiger partial charge is 0.465 e. The second kappa shape index (κ2) is 8.15. The third-order valence-corrected chi connectivity index (χ3v) is 5.77. The van der Waals surface area contributed by atoms with Gasteiger partial charge in [-0.1, -0.05) is 24.3 Å². The van der Waals surface area contributed by atoms with Crippen LogP contribution in [0.2, 0.25) is 0 Å². The lowest BCUT2D eigenvalue weighted by Crippen LogP contribution is -2.34. The first kappa shape index (κ1) is 18.7. The number of imidazole rings is 1. The van der Waals surface area contributed by atoms with Crippen LogP contribution in [-0.2, 0) is 17.8 Å². The number of carbonyl (C=O) groups is 1. The van der Waals surface area contributed by atoms with Crippen molar-refractivity contribution in [1.29, 1.82) is 0 Å². The van der Waals surface area contributed by atoms with E-state index in [2.05, 4.69) is 40.7 Å². The number of esters is 1. The number of aryl methyl sites for hydroxylation is 1. The Morgan fingerprint density at radius 3 is 2.54 bits per heavy atom. The molecule has 28 heavy (non-hydrogen) atoms. The normalized spacial score (nSPS) is 15.8. The van der Waals surface area contributed by atoms with Crippen molar-refractivity contribution in [3.8, 4) is 0 Å². The Morgan fingerprint density at radius 2 is 1.82 bits per heavy atom. The van der Waals surface area contributed by atoms with Crippen molar-refractivity contribution in [3.63, 3.8) is 0 Å². The molecule has 0 amide bonds. The highest BCUT2D eigenvalue weighted by Gasteiger charge is 2.21. The molecular weight excluding hydrogens is 350 g/mol. The zero-order valence-electron chi connectivity index (χ0n) is 16.6. The van der Waals surface area contributed by atoms with E-state index in [-0.39, 0.29) is 5.97 Å². The van der Waals surface area contributed by atoms with Gasteiger partial charge >= 0.3 is 5.97 Å². The van der Waals surface area contributed by atoms with Crippen LogP contribution < -0.4 is 0 Å². The average molecular weight is 377 g/mol. The molecule has 0 bridgehead atoms. The number of nitrogens with zero attached hydrogens (tertiary/aromatic N) is 3. The Kier molecular flexibility index (Phi) is 5.44. The number of carbonyl (C=O) groups excluding carboxylic acids is 1. The van der Waals surface area contributed by atoms with Gasteiger partial charge in [0.05, 0.1) is 23.7 Å². The Balaban J connectivity index is 1.33. The van der Waals surface area contributed by atoms with E-state index >= 15 is 0 Å². The number of aromatic nitrogens is 2. The zero-order valence-corrected chi connectivity index (χ0v) is 16.6. The number of benzene rings is 2. The van der Waals surface area contributed by atoms with Crippen molar-refractivity contribution >= 4 is 17.0 Å². The molecule has 0 atom stereocenters. The van der Waals surface area contributed by atoms with Crippen LogP contribution in [0.15, 0.2) is 48.5 Å². The molecule has 5 nitrogen and oxygen atoms in total. The molecule has 2 heterocycles. The minimum absolute atomic E-state index is 0.283. The molecule has 0 aliphatic carbocycles. The second-order valence-electron chi connectivity index (χ2n) is 7.67. The number of piperidine rings is 1. The molecule has 2 aromatic carbocycles. The summed E-state index contributed by atoms with van der Waals surface area (Å²) >= 11 is 0. The molecule has 4 rings (SSSR count). The van der Waals surface area contributed by atoms with Gasteiger partial charge in [-0.15, -0.1) is 0 Å². The Morgan fingerprint density at radius 1 is 1.11 bits per heavy atom. The number of methoxy groups -OCH3 is 1. The topological polar surface area (TPSA) is 47.4 Å². The summed E-state index contributed by atoms with van der Waals surface area (Å²) in [7, 11) is 1.41. The van der Waals surface area contributed by atoms with Crippen LogP contribution in [0, 0.1) is 12.8 Å². The van der Waals surface area contributed by atoms with Crippen molar-refractivity contribution in [1.82, 2.24) is 14.5 Å². The maximum absolute atomic E-state index is 11.5. The molecule has 0 N–H and O–H groups in total. The Bertz CT molecular complexity index is 954. The van der Waals surface area contributed by atoms with Crippen molar-refractivity contribution in [2.75, 3.05) is 20.2 Å². The highest BCUT2D eigenvalue weighted by molar-refractivity contribution is 5.89. The van der Waals surface area contributed by atoms with Crippen LogP contribution in [0.3, 0.4) is 0 Å². The molecular formula is C23H27N3O2. The van der Waals surface area contributed by atoms with E-state index in [9.17, 15) is 4.79 Å². The quantitative estimate of drug-likeness (QED) is 0.630.